The van der Waals surface area contributed by atoms with Crippen molar-refractivity contribution in [1.82, 2.24) is 0 Å². The first-order valence-electron chi connectivity index (χ1n) is 4.47. The number of benzene rings is 1. The summed E-state index contributed by atoms with van der Waals surface area (Å²) in [6.45, 7) is 1.92. The standard InChI is InChI=1S/C11H14O/c1-11(12)8-7-10(11)9-5-3-2-4-6-9/h2-6,10,12H,7-8H2,1H3. The van der Waals surface area contributed by atoms with Crippen molar-refractivity contribution in [1.29, 1.82) is 0 Å². The Labute approximate surface area is 73.0 Å². The molecular weight excluding hydrogens is 148 g/mol. The summed E-state index contributed by atoms with van der Waals surface area (Å²) in [5, 5.41) is 9.83. The van der Waals surface area contributed by atoms with Crippen molar-refractivity contribution in [3.63, 3.8) is 0 Å². The van der Waals surface area contributed by atoms with Gasteiger partial charge in [0.1, 0.15) is 0 Å². The zero-order valence-corrected chi connectivity index (χ0v) is 7.33. The zero-order chi connectivity index (χ0) is 8.60. The van der Waals surface area contributed by atoms with Crippen LogP contribution in [0.15, 0.2) is 30.3 Å². The molecule has 64 valence electrons. The van der Waals surface area contributed by atoms with Crippen LogP contribution in [-0.2, 0) is 0 Å². The predicted molar refractivity (Wildman–Crippen MR) is 49.0 cm³/mol. The first-order chi connectivity index (χ1) is 5.70. The Morgan fingerprint density at radius 1 is 1.33 bits per heavy atom. The van der Waals surface area contributed by atoms with E-state index in [4.69, 9.17) is 0 Å². The maximum Gasteiger partial charge on any atom is 0.0688 e. The third-order valence-electron chi connectivity index (χ3n) is 2.89. The molecule has 0 radical (unpaired) electrons. The van der Waals surface area contributed by atoms with Gasteiger partial charge in [0.25, 0.3) is 0 Å². The van der Waals surface area contributed by atoms with E-state index in [1.165, 1.54) is 5.56 Å². The van der Waals surface area contributed by atoms with Gasteiger partial charge < -0.3 is 5.11 Å². The highest BCUT2D eigenvalue weighted by atomic mass is 16.3. The molecule has 2 rings (SSSR count). The molecule has 1 fully saturated rings. The van der Waals surface area contributed by atoms with Gasteiger partial charge in [0, 0.05) is 5.92 Å². The summed E-state index contributed by atoms with van der Waals surface area (Å²) < 4.78 is 0. The van der Waals surface area contributed by atoms with E-state index in [9.17, 15) is 5.11 Å². The van der Waals surface area contributed by atoms with E-state index in [0.29, 0.717) is 5.92 Å². The molecule has 0 saturated heterocycles. The summed E-state index contributed by atoms with van der Waals surface area (Å²) >= 11 is 0. The molecule has 1 saturated carbocycles. The smallest absolute Gasteiger partial charge is 0.0688 e. The Kier molecular flexibility index (Phi) is 1.69. The molecule has 0 spiro atoms. The fourth-order valence-corrected chi connectivity index (χ4v) is 1.92. The van der Waals surface area contributed by atoms with Crippen molar-refractivity contribution >= 4 is 0 Å². The fourth-order valence-electron chi connectivity index (χ4n) is 1.92. The fraction of sp³-hybridized carbons (Fsp3) is 0.455. The van der Waals surface area contributed by atoms with Crippen LogP contribution in [-0.4, -0.2) is 10.7 Å². The lowest BCUT2D eigenvalue weighted by molar-refractivity contribution is -0.0405. The van der Waals surface area contributed by atoms with Gasteiger partial charge in [0.2, 0.25) is 0 Å². The van der Waals surface area contributed by atoms with Gasteiger partial charge in [-0.3, -0.25) is 0 Å². The Balaban J connectivity index is 2.22. The summed E-state index contributed by atoms with van der Waals surface area (Å²) in [6.07, 6.45) is 2.06. The Morgan fingerprint density at radius 3 is 2.42 bits per heavy atom. The van der Waals surface area contributed by atoms with Crippen LogP contribution in [0.1, 0.15) is 31.2 Å². The minimum absolute atomic E-state index is 0.360. The second kappa shape index (κ2) is 2.60. The number of rotatable bonds is 1. The maximum atomic E-state index is 9.83. The van der Waals surface area contributed by atoms with E-state index in [1.807, 2.05) is 25.1 Å². The van der Waals surface area contributed by atoms with E-state index in [0.717, 1.165) is 12.8 Å². The van der Waals surface area contributed by atoms with E-state index >= 15 is 0 Å². The van der Waals surface area contributed by atoms with Gasteiger partial charge in [-0.2, -0.15) is 0 Å². The van der Waals surface area contributed by atoms with Gasteiger partial charge in [-0.25, -0.2) is 0 Å². The predicted octanol–water partition coefficient (Wildman–Crippen LogP) is 2.32. The number of hydrogen-bond donors (Lipinski definition) is 1. The Hall–Kier alpha value is -0.820. The Morgan fingerprint density at radius 2 is 2.00 bits per heavy atom. The molecule has 0 bridgehead atoms. The highest BCUT2D eigenvalue weighted by Crippen LogP contribution is 2.45. The highest BCUT2D eigenvalue weighted by Gasteiger charge is 2.41. The van der Waals surface area contributed by atoms with Crippen LogP contribution >= 0.6 is 0 Å². The van der Waals surface area contributed by atoms with Crippen LogP contribution in [0.5, 0.6) is 0 Å². The summed E-state index contributed by atoms with van der Waals surface area (Å²) in [7, 11) is 0. The normalized spacial score (nSPS) is 34.3. The SMILES string of the molecule is CC1(O)CCC1c1ccccc1. The molecule has 1 aliphatic rings. The van der Waals surface area contributed by atoms with Crippen LogP contribution in [0.3, 0.4) is 0 Å². The third kappa shape index (κ3) is 1.14. The molecule has 12 heavy (non-hydrogen) atoms. The summed E-state index contributed by atoms with van der Waals surface area (Å²) in [6, 6.07) is 10.3. The molecule has 0 aliphatic heterocycles. The van der Waals surface area contributed by atoms with Crippen molar-refractivity contribution in [3.8, 4) is 0 Å². The molecule has 0 heterocycles. The van der Waals surface area contributed by atoms with E-state index in [-0.39, 0.29) is 0 Å². The van der Waals surface area contributed by atoms with Crippen LogP contribution in [0.25, 0.3) is 0 Å². The highest BCUT2D eigenvalue weighted by molar-refractivity contribution is 5.25. The van der Waals surface area contributed by atoms with Gasteiger partial charge in [-0.05, 0) is 25.3 Å². The van der Waals surface area contributed by atoms with Crippen molar-refractivity contribution in [2.75, 3.05) is 0 Å². The molecule has 1 nitrogen and oxygen atoms in total. The molecule has 1 aromatic carbocycles. The minimum Gasteiger partial charge on any atom is -0.390 e. The van der Waals surface area contributed by atoms with Crippen LogP contribution in [0.2, 0.25) is 0 Å². The van der Waals surface area contributed by atoms with Crippen molar-refractivity contribution in [3.05, 3.63) is 35.9 Å². The molecule has 0 aromatic heterocycles. The quantitative estimate of drug-likeness (QED) is 0.672. The summed E-state index contributed by atoms with van der Waals surface area (Å²) in [5.74, 6) is 0.360. The summed E-state index contributed by atoms with van der Waals surface area (Å²) in [5.41, 5.74) is 0.815. The van der Waals surface area contributed by atoms with E-state index < -0.39 is 5.60 Å². The molecule has 1 aromatic rings. The average molecular weight is 162 g/mol. The topological polar surface area (TPSA) is 20.2 Å². The lowest BCUT2D eigenvalue weighted by atomic mass is 9.67. The van der Waals surface area contributed by atoms with Crippen molar-refractivity contribution < 1.29 is 5.11 Å². The first kappa shape index (κ1) is 7.81. The number of aliphatic hydroxyl groups is 1. The van der Waals surface area contributed by atoms with Crippen molar-refractivity contribution in [2.45, 2.75) is 31.3 Å². The van der Waals surface area contributed by atoms with Gasteiger partial charge >= 0.3 is 0 Å². The molecular formula is C11H14O. The second-order valence-electron chi connectivity index (χ2n) is 3.86. The molecule has 1 N–H and O–H groups in total. The van der Waals surface area contributed by atoms with Crippen LogP contribution < -0.4 is 0 Å². The molecule has 0 amide bonds. The molecule has 1 aliphatic carbocycles. The van der Waals surface area contributed by atoms with E-state index in [2.05, 4.69) is 12.1 Å². The minimum atomic E-state index is -0.457. The average Bonchev–Trinajstić information content (AvgIpc) is 2.05. The Bertz CT molecular complexity index is 264. The molecule has 2 atom stereocenters. The lowest BCUT2D eigenvalue weighted by Crippen LogP contribution is -2.41. The van der Waals surface area contributed by atoms with Gasteiger partial charge in [-0.15, -0.1) is 0 Å². The second-order valence-corrected chi connectivity index (χ2v) is 3.86. The first-order valence-corrected chi connectivity index (χ1v) is 4.47. The van der Waals surface area contributed by atoms with Gasteiger partial charge in [-0.1, -0.05) is 30.3 Å². The van der Waals surface area contributed by atoms with Gasteiger partial charge in [0.15, 0.2) is 0 Å². The largest absolute Gasteiger partial charge is 0.390 e. The number of hydrogen-bond acceptors (Lipinski definition) is 1. The maximum absolute atomic E-state index is 9.83. The van der Waals surface area contributed by atoms with E-state index in [1.54, 1.807) is 0 Å². The van der Waals surface area contributed by atoms with Gasteiger partial charge in [0.05, 0.1) is 5.60 Å². The lowest BCUT2D eigenvalue weighted by Gasteiger charge is -2.43. The molecule has 2 unspecified atom stereocenters. The zero-order valence-electron chi connectivity index (χ0n) is 7.33. The van der Waals surface area contributed by atoms with Crippen LogP contribution in [0.4, 0.5) is 0 Å². The monoisotopic (exact) mass is 162 g/mol. The van der Waals surface area contributed by atoms with Crippen molar-refractivity contribution in [2.24, 2.45) is 0 Å². The molecule has 1 heteroatoms. The third-order valence-corrected chi connectivity index (χ3v) is 2.89. The summed E-state index contributed by atoms with van der Waals surface area (Å²) in [4.78, 5) is 0. The van der Waals surface area contributed by atoms with Crippen LogP contribution in [0, 0.1) is 0 Å².